The standard InChI is InChI=1S/C14H25N5O2/c1-5-15-12-16-13(18-14(17-12)21-10(2)3)19-7-6-11(8-19)9-20-4/h10-11H,5-9H2,1-4H3,(H,15,16,17,18). The molecule has 1 aliphatic heterocycles. The third-order valence-electron chi connectivity index (χ3n) is 3.25. The Balaban J connectivity index is 2.15. The Kier molecular flexibility index (Phi) is 5.55. The van der Waals surface area contributed by atoms with E-state index in [-0.39, 0.29) is 6.10 Å². The van der Waals surface area contributed by atoms with Gasteiger partial charge < -0.3 is 19.7 Å². The Labute approximate surface area is 126 Å². The predicted octanol–water partition coefficient (Wildman–Crippen LogP) is 1.56. The van der Waals surface area contributed by atoms with Gasteiger partial charge in [0, 0.05) is 32.7 Å². The van der Waals surface area contributed by atoms with E-state index in [4.69, 9.17) is 9.47 Å². The molecule has 1 aromatic heterocycles. The fraction of sp³-hybridized carbons (Fsp3) is 0.786. The van der Waals surface area contributed by atoms with Gasteiger partial charge in [0.05, 0.1) is 12.7 Å². The van der Waals surface area contributed by atoms with Crippen molar-refractivity contribution in [3.8, 4) is 6.01 Å². The van der Waals surface area contributed by atoms with Crippen LogP contribution >= 0.6 is 0 Å². The smallest absolute Gasteiger partial charge is 0.323 e. The zero-order valence-corrected chi connectivity index (χ0v) is 13.3. The molecule has 0 saturated carbocycles. The molecule has 7 nitrogen and oxygen atoms in total. The molecular formula is C14H25N5O2. The zero-order valence-electron chi connectivity index (χ0n) is 13.3. The highest BCUT2D eigenvalue weighted by atomic mass is 16.5. The van der Waals surface area contributed by atoms with Crippen LogP contribution in [0.2, 0.25) is 0 Å². The number of aromatic nitrogens is 3. The van der Waals surface area contributed by atoms with Crippen LogP contribution in [-0.4, -0.2) is 54.4 Å². The molecule has 2 heterocycles. The average molecular weight is 295 g/mol. The topological polar surface area (TPSA) is 72.4 Å². The van der Waals surface area contributed by atoms with Crippen LogP contribution in [0, 0.1) is 5.92 Å². The number of nitrogens with zero attached hydrogens (tertiary/aromatic N) is 4. The SMILES string of the molecule is CCNc1nc(OC(C)C)nc(N2CCC(COC)C2)n1. The maximum Gasteiger partial charge on any atom is 0.323 e. The van der Waals surface area contributed by atoms with E-state index in [9.17, 15) is 0 Å². The van der Waals surface area contributed by atoms with Crippen molar-refractivity contribution >= 4 is 11.9 Å². The molecule has 0 bridgehead atoms. The molecule has 118 valence electrons. The zero-order chi connectivity index (χ0) is 15.2. The molecule has 0 amide bonds. The van der Waals surface area contributed by atoms with E-state index >= 15 is 0 Å². The third kappa shape index (κ3) is 4.42. The van der Waals surface area contributed by atoms with Gasteiger partial charge in [0.1, 0.15) is 0 Å². The molecule has 21 heavy (non-hydrogen) atoms. The second-order valence-electron chi connectivity index (χ2n) is 5.49. The van der Waals surface area contributed by atoms with Crippen molar-refractivity contribution in [3.63, 3.8) is 0 Å². The quantitative estimate of drug-likeness (QED) is 0.818. The van der Waals surface area contributed by atoms with Crippen LogP contribution in [0.5, 0.6) is 6.01 Å². The van der Waals surface area contributed by atoms with Crippen LogP contribution in [0.1, 0.15) is 27.2 Å². The summed E-state index contributed by atoms with van der Waals surface area (Å²) in [6, 6.07) is 0.376. The van der Waals surface area contributed by atoms with Crippen molar-refractivity contribution < 1.29 is 9.47 Å². The minimum atomic E-state index is 0.0366. The summed E-state index contributed by atoms with van der Waals surface area (Å²) in [4.78, 5) is 15.4. The molecule has 0 spiro atoms. The molecule has 1 N–H and O–H groups in total. The van der Waals surface area contributed by atoms with Crippen LogP contribution in [0.4, 0.5) is 11.9 Å². The highest BCUT2D eigenvalue weighted by Gasteiger charge is 2.25. The lowest BCUT2D eigenvalue weighted by Gasteiger charge is -2.18. The number of anilines is 2. The van der Waals surface area contributed by atoms with Crippen LogP contribution in [-0.2, 0) is 4.74 Å². The maximum absolute atomic E-state index is 5.62. The third-order valence-corrected chi connectivity index (χ3v) is 3.25. The highest BCUT2D eigenvalue weighted by Crippen LogP contribution is 2.23. The van der Waals surface area contributed by atoms with Crippen molar-refractivity contribution in [2.45, 2.75) is 33.3 Å². The van der Waals surface area contributed by atoms with Crippen LogP contribution in [0.25, 0.3) is 0 Å². The monoisotopic (exact) mass is 295 g/mol. The van der Waals surface area contributed by atoms with Gasteiger partial charge in [-0.05, 0) is 27.2 Å². The molecule has 1 saturated heterocycles. The molecule has 1 aliphatic rings. The number of nitrogens with one attached hydrogen (secondary N) is 1. The van der Waals surface area contributed by atoms with Gasteiger partial charge in [-0.1, -0.05) is 0 Å². The lowest BCUT2D eigenvalue weighted by molar-refractivity contribution is 0.161. The first-order valence-corrected chi connectivity index (χ1v) is 7.52. The number of hydrogen-bond acceptors (Lipinski definition) is 7. The van der Waals surface area contributed by atoms with Crippen molar-refractivity contribution in [2.75, 3.05) is 43.6 Å². The predicted molar refractivity (Wildman–Crippen MR) is 82.0 cm³/mol. The van der Waals surface area contributed by atoms with Gasteiger partial charge in [-0.15, -0.1) is 0 Å². The van der Waals surface area contributed by atoms with Gasteiger partial charge in [-0.25, -0.2) is 0 Å². The highest BCUT2D eigenvalue weighted by molar-refractivity contribution is 5.39. The molecule has 0 radical (unpaired) electrons. The van der Waals surface area contributed by atoms with Crippen LogP contribution in [0.3, 0.4) is 0 Å². The lowest BCUT2D eigenvalue weighted by Crippen LogP contribution is -2.24. The van der Waals surface area contributed by atoms with Gasteiger partial charge in [-0.3, -0.25) is 0 Å². The Hall–Kier alpha value is -1.63. The summed E-state index contributed by atoms with van der Waals surface area (Å²) in [6.07, 6.45) is 1.13. The van der Waals surface area contributed by atoms with Gasteiger partial charge >= 0.3 is 6.01 Å². The fourth-order valence-corrected chi connectivity index (χ4v) is 2.37. The Bertz CT molecular complexity index is 455. The Morgan fingerprint density at radius 3 is 2.81 bits per heavy atom. The lowest BCUT2D eigenvalue weighted by atomic mass is 10.1. The molecule has 0 aromatic carbocycles. The van der Waals surface area contributed by atoms with E-state index in [1.807, 2.05) is 20.8 Å². The molecule has 1 unspecified atom stereocenters. The maximum atomic E-state index is 5.62. The van der Waals surface area contributed by atoms with Crippen molar-refractivity contribution in [2.24, 2.45) is 5.92 Å². The summed E-state index contributed by atoms with van der Waals surface area (Å²) in [6.45, 7) is 9.31. The number of rotatable bonds is 7. The molecule has 1 atom stereocenters. The van der Waals surface area contributed by atoms with Crippen molar-refractivity contribution in [3.05, 3.63) is 0 Å². The molecule has 1 aromatic rings. The number of hydrogen-bond donors (Lipinski definition) is 1. The largest absolute Gasteiger partial charge is 0.461 e. The van der Waals surface area contributed by atoms with E-state index < -0.39 is 0 Å². The van der Waals surface area contributed by atoms with Gasteiger partial charge in [0.15, 0.2) is 0 Å². The molecule has 2 rings (SSSR count). The van der Waals surface area contributed by atoms with Crippen molar-refractivity contribution in [1.29, 1.82) is 0 Å². The first-order chi connectivity index (χ1) is 10.1. The van der Waals surface area contributed by atoms with Gasteiger partial charge in [-0.2, -0.15) is 15.0 Å². The van der Waals surface area contributed by atoms with Gasteiger partial charge in [0.2, 0.25) is 11.9 Å². The molecule has 0 aliphatic carbocycles. The van der Waals surface area contributed by atoms with Crippen LogP contribution in [0.15, 0.2) is 0 Å². The van der Waals surface area contributed by atoms with E-state index in [2.05, 4.69) is 25.2 Å². The first-order valence-electron chi connectivity index (χ1n) is 7.52. The summed E-state index contributed by atoms with van der Waals surface area (Å²) in [5.41, 5.74) is 0. The van der Waals surface area contributed by atoms with E-state index in [0.29, 0.717) is 23.8 Å². The summed E-state index contributed by atoms with van der Waals surface area (Å²) < 4.78 is 10.9. The van der Waals surface area contributed by atoms with Gasteiger partial charge in [0.25, 0.3) is 0 Å². The Morgan fingerprint density at radius 1 is 1.33 bits per heavy atom. The summed E-state index contributed by atoms with van der Waals surface area (Å²) in [5.74, 6) is 1.77. The second kappa shape index (κ2) is 7.40. The number of methoxy groups -OCH3 is 1. The second-order valence-corrected chi connectivity index (χ2v) is 5.49. The fourth-order valence-electron chi connectivity index (χ4n) is 2.37. The normalized spacial score (nSPS) is 18.3. The Morgan fingerprint density at radius 2 is 2.14 bits per heavy atom. The number of ether oxygens (including phenoxy) is 2. The summed E-state index contributed by atoms with van der Waals surface area (Å²) in [5, 5.41) is 3.13. The summed E-state index contributed by atoms with van der Waals surface area (Å²) >= 11 is 0. The minimum absolute atomic E-state index is 0.0366. The minimum Gasteiger partial charge on any atom is -0.461 e. The van der Waals surface area contributed by atoms with E-state index in [0.717, 1.165) is 32.7 Å². The molecule has 1 fully saturated rings. The summed E-state index contributed by atoms with van der Waals surface area (Å²) in [7, 11) is 1.74. The molecular weight excluding hydrogens is 270 g/mol. The average Bonchev–Trinajstić information content (AvgIpc) is 2.87. The van der Waals surface area contributed by atoms with Crippen LogP contribution < -0.4 is 15.0 Å². The van der Waals surface area contributed by atoms with Crippen molar-refractivity contribution in [1.82, 2.24) is 15.0 Å². The first kappa shape index (κ1) is 15.8. The van der Waals surface area contributed by atoms with E-state index in [1.165, 1.54) is 0 Å². The molecule has 7 heteroatoms. The van der Waals surface area contributed by atoms with E-state index in [1.54, 1.807) is 7.11 Å².